The van der Waals surface area contributed by atoms with Gasteiger partial charge < -0.3 is 10.1 Å². The van der Waals surface area contributed by atoms with E-state index in [-0.39, 0.29) is 11.5 Å². The maximum atomic E-state index is 11.7. The Labute approximate surface area is 121 Å². The molecular weight excluding hydrogens is 302 g/mol. The van der Waals surface area contributed by atoms with Gasteiger partial charge in [0.25, 0.3) is 5.91 Å². The molecule has 0 aliphatic carbocycles. The molecule has 0 unspecified atom stereocenters. The Morgan fingerprint density at radius 1 is 1.50 bits per heavy atom. The third-order valence-corrected chi connectivity index (χ3v) is 5.75. The first-order chi connectivity index (χ1) is 9.30. The van der Waals surface area contributed by atoms with Crippen molar-refractivity contribution in [1.29, 1.82) is 0 Å². The molecule has 0 radical (unpaired) electrons. The Bertz CT molecular complexity index is 608. The molecule has 1 aromatic rings. The molecule has 1 aromatic heterocycles. The van der Waals surface area contributed by atoms with Crippen LogP contribution in [0.3, 0.4) is 0 Å². The summed E-state index contributed by atoms with van der Waals surface area (Å²) in [5, 5.41) is 4.36. The molecule has 0 spiro atoms. The highest BCUT2D eigenvalue weighted by Gasteiger charge is 2.39. The second kappa shape index (κ2) is 5.53. The molecule has 0 saturated carbocycles. The van der Waals surface area contributed by atoms with E-state index >= 15 is 0 Å². The van der Waals surface area contributed by atoms with Gasteiger partial charge in [-0.25, -0.2) is 13.2 Å². The molecule has 8 heteroatoms. The molecule has 1 fully saturated rings. The van der Waals surface area contributed by atoms with E-state index in [2.05, 4.69) is 5.32 Å². The van der Waals surface area contributed by atoms with Crippen LogP contribution in [0.5, 0.6) is 0 Å². The van der Waals surface area contributed by atoms with E-state index in [1.54, 1.807) is 24.4 Å². The summed E-state index contributed by atoms with van der Waals surface area (Å²) in [6.07, 6.45) is 0.375. The van der Waals surface area contributed by atoms with Gasteiger partial charge in [-0.15, -0.1) is 11.3 Å². The zero-order valence-corrected chi connectivity index (χ0v) is 12.6. The van der Waals surface area contributed by atoms with Crippen molar-refractivity contribution in [3.05, 3.63) is 22.4 Å². The van der Waals surface area contributed by atoms with Gasteiger partial charge in [0.1, 0.15) is 4.88 Å². The number of hydrogen-bond donors (Lipinski definition) is 1. The predicted octanol–water partition coefficient (Wildman–Crippen LogP) is 0.598. The Morgan fingerprint density at radius 2 is 2.25 bits per heavy atom. The van der Waals surface area contributed by atoms with Crippen LogP contribution in [-0.2, 0) is 19.4 Å². The SMILES string of the molecule is C[C@@]1(NC(=O)COC(=O)c2cccs2)CCS(=O)(=O)C1. The quantitative estimate of drug-likeness (QED) is 0.821. The molecule has 1 amide bonds. The Hall–Kier alpha value is -1.41. The standard InChI is InChI=1S/C12H15NO5S2/c1-12(4-6-20(16,17)8-12)13-10(14)7-18-11(15)9-3-2-5-19-9/h2-3,5H,4,6-8H2,1H3,(H,13,14)/t12-/m1/s1. The van der Waals surface area contributed by atoms with Crippen molar-refractivity contribution in [1.82, 2.24) is 5.32 Å². The normalized spacial score (nSPS) is 24.2. The monoisotopic (exact) mass is 317 g/mol. The van der Waals surface area contributed by atoms with Crippen molar-refractivity contribution in [3.63, 3.8) is 0 Å². The minimum atomic E-state index is -3.09. The van der Waals surface area contributed by atoms with Gasteiger partial charge in [-0.05, 0) is 24.8 Å². The number of ether oxygens (including phenoxy) is 1. The molecule has 6 nitrogen and oxygen atoms in total. The summed E-state index contributed by atoms with van der Waals surface area (Å²) in [6, 6.07) is 3.32. The van der Waals surface area contributed by atoms with Gasteiger partial charge in [-0.2, -0.15) is 0 Å². The zero-order chi connectivity index (χ0) is 14.8. The number of hydrogen-bond acceptors (Lipinski definition) is 6. The smallest absolute Gasteiger partial charge is 0.348 e. The molecule has 20 heavy (non-hydrogen) atoms. The summed E-state index contributed by atoms with van der Waals surface area (Å²) in [7, 11) is -3.09. The fourth-order valence-electron chi connectivity index (χ4n) is 2.08. The van der Waals surface area contributed by atoms with E-state index in [4.69, 9.17) is 4.74 Å². The Balaban J connectivity index is 1.83. The summed E-state index contributed by atoms with van der Waals surface area (Å²) >= 11 is 1.23. The molecule has 0 aromatic carbocycles. The first-order valence-electron chi connectivity index (χ1n) is 6.02. The van der Waals surface area contributed by atoms with Gasteiger partial charge in [-0.1, -0.05) is 6.07 Å². The lowest BCUT2D eigenvalue weighted by atomic mass is 10.0. The highest BCUT2D eigenvalue weighted by molar-refractivity contribution is 7.91. The van der Waals surface area contributed by atoms with E-state index in [1.165, 1.54) is 11.3 Å². The highest BCUT2D eigenvalue weighted by atomic mass is 32.2. The number of carbonyl (C=O) groups excluding carboxylic acids is 2. The summed E-state index contributed by atoms with van der Waals surface area (Å²) in [5.74, 6) is -1.06. The molecule has 1 atom stereocenters. The molecule has 1 aliphatic rings. The summed E-state index contributed by atoms with van der Waals surface area (Å²) in [4.78, 5) is 23.7. The van der Waals surface area contributed by atoms with Crippen molar-refractivity contribution in [3.8, 4) is 0 Å². The fraction of sp³-hybridized carbons (Fsp3) is 0.500. The third-order valence-electron chi connectivity index (χ3n) is 3.00. The topological polar surface area (TPSA) is 89.5 Å². The highest BCUT2D eigenvalue weighted by Crippen LogP contribution is 2.22. The lowest BCUT2D eigenvalue weighted by Crippen LogP contribution is -2.48. The van der Waals surface area contributed by atoms with E-state index in [0.29, 0.717) is 11.3 Å². The number of amides is 1. The lowest BCUT2D eigenvalue weighted by molar-refractivity contribution is -0.125. The van der Waals surface area contributed by atoms with Crippen molar-refractivity contribution in [2.45, 2.75) is 18.9 Å². The van der Waals surface area contributed by atoms with E-state index in [0.717, 1.165) is 0 Å². The van der Waals surface area contributed by atoms with Gasteiger partial charge in [0.05, 0.1) is 17.0 Å². The summed E-state index contributed by atoms with van der Waals surface area (Å²) < 4.78 is 27.7. The zero-order valence-electron chi connectivity index (χ0n) is 10.9. The van der Waals surface area contributed by atoms with Crippen LogP contribution < -0.4 is 5.32 Å². The van der Waals surface area contributed by atoms with Crippen molar-refractivity contribution >= 4 is 33.1 Å². The molecule has 1 N–H and O–H groups in total. The number of nitrogens with one attached hydrogen (secondary N) is 1. The van der Waals surface area contributed by atoms with Crippen LogP contribution >= 0.6 is 11.3 Å². The number of carbonyl (C=O) groups is 2. The van der Waals surface area contributed by atoms with Crippen molar-refractivity contribution in [2.75, 3.05) is 18.1 Å². The second-order valence-corrected chi connectivity index (χ2v) is 8.14. The number of sulfone groups is 1. The predicted molar refractivity (Wildman–Crippen MR) is 74.4 cm³/mol. The van der Waals surface area contributed by atoms with Crippen LogP contribution in [0.2, 0.25) is 0 Å². The average molecular weight is 317 g/mol. The molecule has 2 rings (SSSR count). The molecular formula is C12H15NO5S2. The van der Waals surface area contributed by atoms with E-state index < -0.39 is 33.9 Å². The summed E-state index contributed by atoms with van der Waals surface area (Å²) in [5.41, 5.74) is -0.773. The number of rotatable bonds is 4. The lowest BCUT2D eigenvalue weighted by Gasteiger charge is -2.23. The molecule has 0 bridgehead atoms. The van der Waals surface area contributed by atoms with Crippen LogP contribution in [0, 0.1) is 0 Å². The van der Waals surface area contributed by atoms with Gasteiger partial charge in [0.2, 0.25) is 0 Å². The maximum Gasteiger partial charge on any atom is 0.348 e. The Morgan fingerprint density at radius 3 is 2.80 bits per heavy atom. The van der Waals surface area contributed by atoms with Crippen LogP contribution in [0.1, 0.15) is 23.0 Å². The summed E-state index contributed by atoms with van der Waals surface area (Å²) in [6.45, 7) is 1.27. The van der Waals surface area contributed by atoms with Gasteiger partial charge in [-0.3, -0.25) is 4.79 Å². The van der Waals surface area contributed by atoms with Crippen molar-refractivity contribution in [2.24, 2.45) is 0 Å². The largest absolute Gasteiger partial charge is 0.451 e. The van der Waals surface area contributed by atoms with Crippen LogP contribution in [0.15, 0.2) is 17.5 Å². The van der Waals surface area contributed by atoms with Crippen LogP contribution in [0.4, 0.5) is 0 Å². The van der Waals surface area contributed by atoms with Gasteiger partial charge >= 0.3 is 5.97 Å². The first-order valence-corrected chi connectivity index (χ1v) is 8.72. The molecule has 110 valence electrons. The second-order valence-electron chi connectivity index (χ2n) is 5.00. The minimum Gasteiger partial charge on any atom is -0.451 e. The van der Waals surface area contributed by atoms with Crippen LogP contribution in [0.25, 0.3) is 0 Å². The van der Waals surface area contributed by atoms with Crippen LogP contribution in [-0.4, -0.2) is 43.9 Å². The molecule has 1 aliphatic heterocycles. The maximum absolute atomic E-state index is 11.7. The minimum absolute atomic E-state index is 0.0682. The van der Waals surface area contributed by atoms with Crippen molar-refractivity contribution < 1.29 is 22.7 Å². The number of esters is 1. The Kier molecular flexibility index (Phi) is 4.14. The number of thiophene rings is 1. The van der Waals surface area contributed by atoms with Gasteiger partial charge in [0.15, 0.2) is 16.4 Å². The van der Waals surface area contributed by atoms with Gasteiger partial charge in [0, 0.05) is 0 Å². The van der Waals surface area contributed by atoms with E-state index in [1.807, 2.05) is 0 Å². The third kappa shape index (κ3) is 3.80. The average Bonchev–Trinajstić information content (AvgIpc) is 2.94. The first kappa shape index (κ1) is 15.0. The molecule has 2 heterocycles. The fourth-order valence-corrected chi connectivity index (χ4v) is 4.79. The van der Waals surface area contributed by atoms with E-state index in [9.17, 15) is 18.0 Å². The molecule has 1 saturated heterocycles.